The summed E-state index contributed by atoms with van der Waals surface area (Å²) in [5.74, 6) is 1.73. The Kier molecular flexibility index (Phi) is 3.37. The molecular weight excluding hydrogens is 260 g/mol. The third kappa shape index (κ3) is 2.56. The summed E-state index contributed by atoms with van der Waals surface area (Å²) in [5.41, 5.74) is 0.913. The Bertz CT molecular complexity index is 661. The second kappa shape index (κ2) is 5.32. The molecule has 1 N–H and O–H groups in total. The number of nitrogens with zero attached hydrogens (tertiary/aromatic N) is 1. The summed E-state index contributed by atoms with van der Waals surface area (Å²) < 4.78 is 12.0. The fraction of sp³-hybridized carbons (Fsp3) is 0.214. The smallest absolute Gasteiger partial charge is 0.184 e. The maximum absolute atomic E-state index is 5.58. The first-order valence-electron chi connectivity index (χ1n) is 6.15. The number of hydrogen-bond acceptors (Lipinski definition) is 5. The number of hydrogen-bond donors (Lipinski definition) is 1. The number of benzene rings is 1. The summed E-state index contributed by atoms with van der Waals surface area (Å²) in [6, 6.07) is 9.80. The summed E-state index contributed by atoms with van der Waals surface area (Å²) in [4.78, 5) is 4.57. The van der Waals surface area contributed by atoms with E-state index >= 15 is 0 Å². The van der Waals surface area contributed by atoms with Crippen LogP contribution in [0.15, 0.2) is 41.0 Å². The van der Waals surface area contributed by atoms with Crippen molar-refractivity contribution >= 4 is 26.7 Å². The topological polar surface area (TPSA) is 47.3 Å². The van der Waals surface area contributed by atoms with Crippen molar-refractivity contribution in [1.29, 1.82) is 0 Å². The molecule has 0 atom stereocenters. The molecule has 0 saturated carbocycles. The third-order valence-electron chi connectivity index (χ3n) is 2.68. The normalized spacial score (nSPS) is 10.8. The SMILES string of the molecule is CCOc1cccc2sc(NCc3ccco3)nc12. The van der Waals surface area contributed by atoms with Gasteiger partial charge in [0.1, 0.15) is 17.0 Å². The highest BCUT2D eigenvalue weighted by Crippen LogP contribution is 2.32. The second-order valence-corrected chi connectivity index (χ2v) is 5.02. The van der Waals surface area contributed by atoms with E-state index in [0.29, 0.717) is 13.2 Å². The minimum absolute atomic E-state index is 0.636. The van der Waals surface area contributed by atoms with Crippen molar-refractivity contribution in [2.75, 3.05) is 11.9 Å². The predicted octanol–water partition coefficient (Wildman–Crippen LogP) is 3.90. The minimum Gasteiger partial charge on any atom is -0.492 e. The van der Waals surface area contributed by atoms with Crippen LogP contribution in [-0.4, -0.2) is 11.6 Å². The lowest BCUT2D eigenvalue weighted by molar-refractivity contribution is 0.344. The third-order valence-corrected chi connectivity index (χ3v) is 3.65. The number of para-hydroxylation sites is 1. The van der Waals surface area contributed by atoms with E-state index in [0.717, 1.165) is 26.9 Å². The maximum Gasteiger partial charge on any atom is 0.184 e. The fourth-order valence-corrected chi connectivity index (χ4v) is 2.73. The van der Waals surface area contributed by atoms with Crippen LogP contribution in [0.2, 0.25) is 0 Å². The van der Waals surface area contributed by atoms with E-state index in [9.17, 15) is 0 Å². The van der Waals surface area contributed by atoms with Crippen LogP contribution < -0.4 is 10.1 Å². The van der Waals surface area contributed by atoms with Crippen LogP contribution in [0.1, 0.15) is 12.7 Å². The Morgan fingerprint density at radius 3 is 3.05 bits per heavy atom. The van der Waals surface area contributed by atoms with Gasteiger partial charge in [0.05, 0.1) is 24.1 Å². The average molecular weight is 274 g/mol. The first kappa shape index (κ1) is 12.0. The molecule has 4 nitrogen and oxygen atoms in total. The van der Waals surface area contributed by atoms with Crippen LogP contribution in [0.25, 0.3) is 10.2 Å². The van der Waals surface area contributed by atoms with Gasteiger partial charge >= 0.3 is 0 Å². The Morgan fingerprint density at radius 2 is 2.26 bits per heavy atom. The van der Waals surface area contributed by atoms with Crippen molar-refractivity contribution in [2.45, 2.75) is 13.5 Å². The van der Waals surface area contributed by atoms with E-state index in [4.69, 9.17) is 9.15 Å². The number of thiazole rings is 1. The summed E-state index contributed by atoms with van der Waals surface area (Å²) in [6.07, 6.45) is 1.67. The molecule has 2 heterocycles. The number of rotatable bonds is 5. The molecule has 0 saturated heterocycles. The molecule has 0 spiro atoms. The summed E-state index contributed by atoms with van der Waals surface area (Å²) in [7, 11) is 0. The number of aromatic nitrogens is 1. The molecule has 1 aromatic carbocycles. The van der Waals surface area contributed by atoms with E-state index in [1.807, 2.05) is 37.3 Å². The molecule has 0 amide bonds. The van der Waals surface area contributed by atoms with Crippen LogP contribution in [0.3, 0.4) is 0 Å². The molecule has 3 aromatic rings. The zero-order valence-electron chi connectivity index (χ0n) is 10.6. The lowest BCUT2D eigenvalue weighted by atomic mass is 10.3. The van der Waals surface area contributed by atoms with Gasteiger partial charge in [-0.3, -0.25) is 0 Å². The predicted molar refractivity (Wildman–Crippen MR) is 76.8 cm³/mol. The zero-order valence-corrected chi connectivity index (χ0v) is 11.4. The van der Waals surface area contributed by atoms with Crippen molar-refractivity contribution in [1.82, 2.24) is 4.98 Å². The van der Waals surface area contributed by atoms with Crippen molar-refractivity contribution in [3.8, 4) is 5.75 Å². The van der Waals surface area contributed by atoms with Gasteiger partial charge in [-0.15, -0.1) is 0 Å². The fourth-order valence-electron chi connectivity index (χ4n) is 1.85. The van der Waals surface area contributed by atoms with E-state index < -0.39 is 0 Å². The molecule has 2 aromatic heterocycles. The summed E-state index contributed by atoms with van der Waals surface area (Å²) in [6.45, 7) is 3.25. The van der Waals surface area contributed by atoms with Gasteiger partial charge in [-0.2, -0.15) is 0 Å². The molecule has 19 heavy (non-hydrogen) atoms. The molecule has 0 fully saturated rings. The number of anilines is 1. The molecule has 0 bridgehead atoms. The highest BCUT2D eigenvalue weighted by molar-refractivity contribution is 7.22. The molecule has 0 radical (unpaired) electrons. The van der Waals surface area contributed by atoms with Gasteiger partial charge in [0.25, 0.3) is 0 Å². The molecule has 3 rings (SSSR count). The number of fused-ring (bicyclic) bond motifs is 1. The zero-order chi connectivity index (χ0) is 13.1. The average Bonchev–Trinajstić information content (AvgIpc) is 3.06. The van der Waals surface area contributed by atoms with Crippen LogP contribution in [0, 0.1) is 0 Å². The first-order chi connectivity index (χ1) is 9.36. The number of ether oxygens (including phenoxy) is 1. The molecule has 98 valence electrons. The van der Waals surface area contributed by atoms with E-state index in [2.05, 4.69) is 10.3 Å². The Hall–Kier alpha value is -2.01. The van der Waals surface area contributed by atoms with E-state index in [-0.39, 0.29) is 0 Å². The van der Waals surface area contributed by atoms with Gasteiger partial charge in [0.15, 0.2) is 5.13 Å². The minimum atomic E-state index is 0.636. The van der Waals surface area contributed by atoms with Crippen LogP contribution in [0.4, 0.5) is 5.13 Å². The first-order valence-corrected chi connectivity index (χ1v) is 6.97. The monoisotopic (exact) mass is 274 g/mol. The van der Waals surface area contributed by atoms with Crippen LogP contribution in [-0.2, 0) is 6.54 Å². The van der Waals surface area contributed by atoms with Gasteiger partial charge in [-0.05, 0) is 31.2 Å². The van der Waals surface area contributed by atoms with Gasteiger partial charge < -0.3 is 14.5 Å². The van der Waals surface area contributed by atoms with Crippen molar-refractivity contribution in [2.24, 2.45) is 0 Å². The standard InChI is InChI=1S/C14H14N2O2S/c1-2-17-11-6-3-7-12-13(11)16-14(19-12)15-9-10-5-4-8-18-10/h3-8H,2,9H2,1H3,(H,15,16). The second-order valence-electron chi connectivity index (χ2n) is 3.99. The molecule has 0 aliphatic rings. The largest absolute Gasteiger partial charge is 0.492 e. The lowest BCUT2D eigenvalue weighted by Gasteiger charge is -2.02. The Balaban J connectivity index is 1.83. The van der Waals surface area contributed by atoms with Crippen LogP contribution in [0.5, 0.6) is 5.75 Å². The highest BCUT2D eigenvalue weighted by atomic mass is 32.1. The van der Waals surface area contributed by atoms with E-state index in [1.165, 1.54) is 0 Å². The summed E-state index contributed by atoms with van der Waals surface area (Å²) in [5, 5.41) is 4.14. The maximum atomic E-state index is 5.58. The van der Waals surface area contributed by atoms with Crippen LogP contribution >= 0.6 is 11.3 Å². The molecule has 0 aliphatic heterocycles. The van der Waals surface area contributed by atoms with Gasteiger partial charge in [0, 0.05) is 0 Å². The van der Waals surface area contributed by atoms with Gasteiger partial charge in [0.2, 0.25) is 0 Å². The van der Waals surface area contributed by atoms with Crippen molar-refractivity contribution < 1.29 is 9.15 Å². The molecule has 0 unspecified atom stereocenters. The molecule has 5 heteroatoms. The van der Waals surface area contributed by atoms with Crippen molar-refractivity contribution in [3.63, 3.8) is 0 Å². The molecule has 0 aliphatic carbocycles. The molecular formula is C14H14N2O2S. The Labute approximate surface area is 115 Å². The van der Waals surface area contributed by atoms with Crippen molar-refractivity contribution in [3.05, 3.63) is 42.4 Å². The quantitative estimate of drug-likeness (QED) is 0.766. The lowest BCUT2D eigenvalue weighted by Crippen LogP contribution is -1.97. The highest BCUT2D eigenvalue weighted by Gasteiger charge is 2.08. The number of furan rings is 1. The Morgan fingerprint density at radius 1 is 1.32 bits per heavy atom. The van der Waals surface area contributed by atoms with Gasteiger partial charge in [-0.25, -0.2) is 4.98 Å². The van der Waals surface area contributed by atoms with E-state index in [1.54, 1.807) is 17.6 Å². The number of nitrogens with one attached hydrogen (secondary N) is 1. The van der Waals surface area contributed by atoms with Gasteiger partial charge in [-0.1, -0.05) is 17.4 Å². The summed E-state index contributed by atoms with van der Waals surface area (Å²) >= 11 is 1.62.